The summed E-state index contributed by atoms with van der Waals surface area (Å²) >= 11 is 1.59. The molecule has 1 amide bonds. The van der Waals surface area contributed by atoms with Gasteiger partial charge in [0.1, 0.15) is 5.69 Å². The zero-order valence-corrected chi connectivity index (χ0v) is 19.2. The molecule has 158 valence electrons. The van der Waals surface area contributed by atoms with Gasteiger partial charge >= 0.3 is 0 Å². The van der Waals surface area contributed by atoms with Crippen LogP contribution in [0.2, 0.25) is 0 Å². The number of carbonyl (C=O) groups excluding carboxylic acids is 1. The fraction of sp³-hybridized carbons (Fsp3) is 0.476. The molecule has 0 aliphatic carbocycles. The van der Waals surface area contributed by atoms with Crippen LogP contribution in [0.25, 0.3) is 10.2 Å². The van der Waals surface area contributed by atoms with Crippen molar-refractivity contribution in [1.82, 2.24) is 19.7 Å². The van der Waals surface area contributed by atoms with Gasteiger partial charge in [0.05, 0.1) is 10.2 Å². The quantitative estimate of drug-likeness (QED) is 0.497. The fourth-order valence-electron chi connectivity index (χ4n) is 3.26. The Balaban J connectivity index is 0.00000300. The lowest BCUT2D eigenvalue weighted by Crippen LogP contribution is -2.39. The molecule has 1 aromatic carbocycles. The first kappa shape index (κ1) is 23.3. The topological polar surface area (TPSA) is 54.3 Å². The van der Waals surface area contributed by atoms with Gasteiger partial charge in [-0.1, -0.05) is 38.2 Å². The van der Waals surface area contributed by atoms with E-state index in [0.717, 1.165) is 41.4 Å². The van der Waals surface area contributed by atoms with E-state index in [1.165, 1.54) is 5.56 Å². The van der Waals surface area contributed by atoms with Crippen LogP contribution in [-0.2, 0) is 13.0 Å². The lowest BCUT2D eigenvalue weighted by molar-refractivity contribution is 0.0973. The van der Waals surface area contributed by atoms with Gasteiger partial charge in [-0.05, 0) is 50.2 Å². The maximum absolute atomic E-state index is 13.4. The van der Waals surface area contributed by atoms with E-state index >= 15 is 0 Å². The van der Waals surface area contributed by atoms with Gasteiger partial charge in [0.2, 0.25) is 0 Å². The van der Waals surface area contributed by atoms with E-state index < -0.39 is 0 Å². The molecule has 2 aromatic heterocycles. The number of amides is 1. The summed E-state index contributed by atoms with van der Waals surface area (Å²) in [6.07, 6.45) is 2.68. The Morgan fingerprint density at radius 2 is 1.86 bits per heavy atom. The van der Waals surface area contributed by atoms with E-state index in [2.05, 4.69) is 49.0 Å². The molecule has 0 saturated carbocycles. The van der Waals surface area contributed by atoms with Crippen molar-refractivity contribution in [2.45, 2.75) is 40.7 Å². The summed E-state index contributed by atoms with van der Waals surface area (Å²) in [6.45, 7) is 12.4. The molecule has 0 atom stereocenters. The molecule has 0 unspecified atom stereocenters. The largest absolute Gasteiger partial charge is 0.302 e. The standard InChI is InChI=1S/C21H29N5OS.ClH/c1-5-16-9-10-17-19(15-16)28-21(23-17)25(14-13-24(6-2)7-3)20(27)18-11-12-22-26(18)8-4;/h9-12,15H,5-8,13-14H2,1-4H3;1H. The lowest BCUT2D eigenvalue weighted by atomic mass is 10.2. The van der Waals surface area contributed by atoms with Crippen molar-refractivity contribution in [3.8, 4) is 0 Å². The Labute approximate surface area is 182 Å². The van der Waals surface area contributed by atoms with Crippen LogP contribution >= 0.6 is 23.7 Å². The Hall–Kier alpha value is -1.96. The third-order valence-electron chi connectivity index (χ3n) is 5.10. The zero-order chi connectivity index (χ0) is 20.1. The number of likely N-dealkylation sites (N-methyl/N-ethyl adjacent to an activating group) is 1. The molecule has 29 heavy (non-hydrogen) atoms. The summed E-state index contributed by atoms with van der Waals surface area (Å²) < 4.78 is 2.87. The van der Waals surface area contributed by atoms with Gasteiger partial charge in [-0.15, -0.1) is 12.4 Å². The van der Waals surface area contributed by atoms with Gasteiger partial charge in [-0.25, -0.2) is 4.98 Å². The summed E-state index contributed by atoms with van der Waals surface area (Å²) in [7, 11) is 0. The van der Waals surface area contributed by atoms with Crippen molar-refractivity contribution in [2.24, 2.45) is 0 Å². The highest BCUT2D eigenvalue weighted by atomic mass is 35.5. The molecule has 0 bridgehead atoms. The van der Waals surface area contributed by atoms with E-state index in [9.17, 15) is 4.79 Å². The molecule has 3 aromatic rings. The highest BCUT2D eigenvalue weighted by molar-refractivity contribution is 7.22. The Kier molecular flexibility index (Phi) is 8.61. The molecule has 6 nitrogen and oxygen atoms in total. The predicted molar refractivity (Wildman–Crippen MR) is 124 cm³/mol. The molecule has 0 N–H and O–H groups in total. The smallest absolute Gasteiger partial charge is 0.278 e. The van der Waals surface area contributed by atoms with Crippen molar-refractivity contribution in [1.29, 1.82) is 0 Å². The number of benzene rings is 1. The Bertz CT molecular complexity index is 934. The molecule has 0 saturated heterocycles. The fourth-order valence-corrected chi connectivity index (χ4v) is 4.32. The highest BCUT2D eigenvalue weighted by Crippen LogP contribution is 2.30. The number of nitrogens with zero attached hydrogens (tertiary/aromatic N) is 5. The van der Waals surface area contributed by atoms with Crippen molar-refractivity contribution < 1.29 is 4.79 Å². The summed E-state index contributed by atoms with van der Waals surface area (Å²) in [5.41, 5.74) is 2.84. The van der Waals surface area contributed by atoms with Crippen molar-refractivity contribution in [3.63, 3.8) is 0 Å². The van der Waals surface area contributed by atoms with Crippen LogP contribution < -0.4 is 4.90 Å². The monoisotopic (exact) mass is 435 g/mol. The molecule has 0 spiro atoms. The van der Waals surface area contributed by atoms with Gasteiger partial charge in [0.25, 0.3) is 5.91 Å². The van der Waals surface area contributed by atoms with Crippen LogP contribution in [0.3, 0.4) is 0 Å². The number of aromatic nitrogens is 3. The van der Waals surface area contributed by atoms with E-state index in [4.69, 9.17) is 4.98 Å². The predicted octanol–water partition coefficient (Wildman–Crippen LogP) is 4.49. The first-order valence-electron chi connectivity index (χ1n) is 10.1. The second-order valence-corrected chi connectivity index (χ2v) is 7.68. The van der Waals surface area contributed by atoms with Gasteiger partial charge in [0, 0.05) is 25.8 Å². The van der Waals surface area contributed by atoms with Crippen molar-refractivity contribution in [3.05, 3.63) is 41.7 Å². The second kappa shape index (κ2) is 10.7. The van der Waals surface area contributed by atoms with Crippen molar-refractivity contribution in [2.75, 3.05) is 31.1 Å². The van der Waals surface area contributed by atoms with Crippen LogP contribution in [0.4, 0.5) is 5.13 Å². The van der Waals surface area contributed by atoms with Gasteiger partial charge in [-0.2, -0.15) is 5.10 Å². The van der Waals surface area contributed by atoms with Crippen LogP contribution in [-0.4, -0.2) is 51.8 Å². The van der Waals surface area contributed by atoms with E-state index in [1.54, 1.807) is 28.3 Å². The third-order valence-corrected chi connectivity index (χ3v) is 6.14. The average molecular weight is 436 g/mol. The second-order valence-electron chi connectivity index (χ2n) is 6.67. The van der Waals surface area contributed by atoms with Gasteiger partial charge < -0.3 is 4.90 Å². The van der Waals surface area contributed by atoms with Crippen LogP contribution in [0.5, 0.6) is 0 Å². The molecular formula is C21H30ClN5OS. The number of rotatable bonds is 9. The highest BCUT2D eigenvalue weighted by Gasteiger charge is 2.24. The molecule has 8 heteroatoms. The first-order valence-corrected chi connectivity index (χ1v) is 10.9. The molecule has 0 radical (unpaired) electrons. The van der Waals surface area contributed by atoms with E-state index in [0.29, 0.717) is 18.8 Å². The van der Waals surface area contributed by atoms with Crippen LogP contribution in [0.1, 0.15) is 43.7 Å². The number of fused-ring (bicyclic) bond motifs is 1. The number of aryl methyl sites for hydroxylation is 2. The van der Waals surface area contributed by atoms with Gasteiger partial charge in [-0.3, -0.25) is 14.4 Å². The maximum Gasteiger partial charge on any atom is 0.278 e. The van der Waals surface area contributed by atoms with Gasteiger partial charge in [0.15, 0.2) is 5.13 Å². The van der Waals surface area contributed by atoms with Crippen molar-refractivity contribution >= 4 is 45.0 Å². The minimum Gasteiger partial charge on any atom is -0.302 e. The summed E-state index contributed by atoms with van der Waals surface area (Å²) in [4.78, 5) is 22.3. The first-order chi connectivity index (χ1) is 13.6. The summed E-state index contributed by atoms with van der Waals surface area (Å²) in [5, 5.41) is 5.02. The van der Waals surface area contributed by atoms with E-state index in [1.807, 2.05) is 11.8 Å². The number of hydrogen-bond donors (Lipinski definition) is 0. The number of thiazole rings is 1. The summed E-state index contributed by atoms with van der Waals surface area (Å²) in [5.74, 6) is -0.0405. The normalized spacial score (nSPS) is 11.1. The number of anilines is 1. The number of hydrogen-bond acceptors (Lipinski definition) is 5. The molecule has 0 fully saturated rings. The Morgan fingerprint density at radius 3 is 2.52 bits per heavy atom. The molecular weight excluding hydrogens is 406 g/mol. The third kappa shape index (κ3) is 5.15. The van der Waals surface area contributed by atoms with Crippen LogP contribution in [0.15, 0.2) is 30.5 Å². The maximum atomic E-state index is 13.4. The Morgan fingerprint density at radius 1 is 1.10 bits per heavy atom. The molecule has 0 aliphatic heterocycles. The average Bonchev–Trinajstić information content (AvgIpc) is 3.36. The molecule has 2 heterocycles. The van der Waals surface area contributed by atoms with E-state index in [-0.39, 0.29) is 18.3 Å². The molecule has 0 aliphatic rings. The molecule has 3 rings (SSSR count). The summed E-state index contributed by atoms with van der Waals surface area (Å²) in [6, 6.07) is 8.14. The van der Waals surface area contributed by atoms with Crippen LogP contribution in [0, 0.1) is 0 Å². The SMILES string of the molecule is CCc1ccc2nc(N(CCN(CC)CC)C(=O)c3ccnn3CC)sc2c1.Cl. The zero-order valence-electron chi connectivity index (χ0n) is 17.6. The number of halogens is 1. The number of carbonyl (C=O) groups is 1. The minimum atomic E-state index is -0.0405. The lowest BCUT2D eigenvalue weighted by Gasteiger charge is -2.24. The minimum absolute atomic E-state index is 0.